The molecule has 1 aliphatic rings. The SMILES string of the molecule is COc1ccc(NC(C)=O)cc1NC(=O)Cc1csc(NC(=O)NC2CCCC2)n1. The smallest absolute Gasteiger partial charge is 0.321 e. The van der Waals surface area contributed by atoms with E-state index in [1.807, 2.05) is 0 Å². The summed E-state index contributed by atoms with van der Waals surface area (Å²) in [5.74, 6) is -0.0286. The van der Waals surface area contributed by atoms with Gasteiger partial charge in [-0.05, 0) is 31.0 Å². The fourth-order valence-corrected chi connectivity index (χ4v) is 3.99. The number of nitrogens with one attached hydrogen (secondary N) is 4. The molecule has 0 unspecified atom stereocenters. The molecule has 10 heteroatoms. The summed E-state index contributed by atoms with van der Waals surface area (Å²) in [5.41, 5.74) is 1.54. The van der Waals surface area contributed by atoms with Gasteiger partial charge in [-0.15, -0.1) is 11.3 Å². The lowest BCUT2D eigenvalue weighted by Crippen LogP contribution is -2.36. The third-order valence-corrected chi connectivity index (χ3v) is 5.40. The summed E-state index contributed by atoms with van der Waals surface area (Å²) in [6.07, 6.45) is 4.32. The first-order valence-electron chi connectivity index (χ1n) is 9.70. The molecule has 0 bridgehead atoms. The fraction of sp³-hybridized carbons (Fsp3) is 0.400. The highest BCUT2D eigenvalue weighted by atomic mass is 32.1. The zero-order valence-electron chi connectivity index (χ0n) is 16.9. The van der Waals surface area contributed by atoms with Gasteiger partial charge in [0.2, 0.25) is 11.8 Å². The topological polar surface area (TPSA) is 121 Å². The first-order chi connectivity index (χ1) is 14.4. The number of benzene rings is 1. The summed E-state index contributed by atoms with van der Waals surface area (Å²) in [5, 5.41) is 13.3. The predicted molar refractivity (Wildman–Crippen MR) is 116 cm³/mol. The lowest BCUT2D eigenvalue weighted by Gasteiger charge is -2.12. The lowest BCUT2D eigenvalue weighted by atomic mass is 10.2. The Bertz CT molecular complexity index is 924. The average molecular weight is 432 g/mol. The number of ether oxygens (including phenoxy) is 1. The van der Waals surface area contributed by atoms with Crippen molar-refractivity contribution in [1.82, 2.24) is 10.3 Å². The number of nitrogens with zero attached hydrogens (tertiary/aromatic N) is 1. The molecule has 4 N–H and O–H groups in total. The molecule has 0 radical (unpaired) electrons. The Labute approximate surface area is 178 Å². The quantitative estimate of drug-likeness (QED) is 0.536. The van der Waals surface area contributed by atoms with E-state index >= 15 is 0 Å². The van der Waals surface area contributed by atoms with E-state index in [-0.39, 0.29) is 30.3 Å². The molecule has 2 aromatic rings. The van der Waals surface area contributed by atoms with E-state index in [2.05, 4.69) is 26.3 Å². The molecular weight excluding hydrogens is 406 g/mol. The number of rotatable bonds is 7. The Balaban J connectivity index is 1.56. The molecule has 0 aliphatic heterocycles. The third kappa shape index (κ3) is 6.18. The molecule has 160 valence electrons. The number of amides is 4. The molecule has 4 amide bonds. The van der Waals surface area contributed by atoms with Crippen molar-refractivity contribution in [2.45, 2.75) is 45.1 Å². The van der Waals surface area contributed by atoms with E-state index in [0.717, 1.165) is 25.7 Å². The molecular formula is C20H25N5O4S. The van der Waals surface area contributed by atoms with Gasteiger partial charge in [0.1, 0.15) is 5.75 Å². The molecule has 0 saturated heterocycles. The summed E-state index contributed by atoms with van der Waals surface area (Å²) in [6, 6.07) is 4.92. The monoisotopic (exact) mass is 431 g/mol. The molecule has 1 saturated carbocycles. The van der Waals surface area contributed by atoms with E-state index in [4.69, 9.17) is 4.74 Å². The summed E-state index contributed by atoms with van der Waals surface area (Å²) in [7, 11) is 1.50. The maximum Gasteiger partial charge on any atom is 0.321 e. The minimum Gasteiger partial charge on any atom is -0.495 e. The molecule has 0 spiro atoms. The maximum atomic E-state index is 12.5. The first-order valence-corrected chi connectivity index (χ1v) is 10.6. The van der Waals surface area contributed by atoms with Crippen LogP contribution in [0.1, 0.15) is 38.3 Å². The van der Waals surface area contributed by atoms with Gasteiger partial charge in [0, 0.05) is 24.0 Å². The minimum absolute atomic E-state index is 0.0376. The Morgan fingerprint density at radius 1 is 1.17 bits per heavy atom. The number of thiazole rings is 1. The van der Waals surface area contributed by atoms with Crippen molar-refractivity contribution >= 4 is 45.7 Å². The van der Waals surface area contributed by atoms with Crippen molar-refractivity contribution in [3.63, 3.8) is 0 Å². The number of anilines is 3. The van der Waals surface area contributed by atoms with Crippen molar-refractivity contribution in [1.29, 1.82) is 0 Å². The number of hydrogen-bond acceptors (Lipinski definition) is 6. The van der Waals surface area contributed by atoms with Crippen LogP contribution >= 0.6 is 11.3 Å². The van der Waals surface area contributed by atoms with Gasteiger partial charge in [0.15, 0.2) is 5.13 Å². The van der Waals surface area contributed by atoms with E-state index in [9.17, 15) is 14.4 Å². The number of carbonyl (C=O) groups excluding carboxylic acids is 3. The van der Waals surface area contributed by atoms with Crippen molar-refractivity contribution in [3.05, 3.63) is 29.3 Å². The summed E-state index contributed by atoms with van der Waals surface area (Å²) >= 11 is 1.27. The van der Waals surface area contributed by atoms with Crippen LogP contribution in [0.4, 0.5) is 21.3 Å². The first kappa shape index (κ1) is 21.6. The van der Waals surface area contributed by atoms with E-state index in [1.54, 1.807) is 23.6 Å². The summed E-state index contributed by atoms with van der Waals surface area (Å²) in [4.78, 5) is 40.0. The Kier molecular flexibility index (Phi) is 7.23. The van der Waals surface area contributed by atoms with Crippen LogP contribution in [0.2, 0.25) is 0 Å². The van der Waals surface area contributed by atoms with Crippen LogP contribution in [-0.4, -0.2) is 36.0 Å². The second-order valence-corrected chi connectivity index (χ2v) is 7.90. The van der Waals surface area contributed by atoms with E-state index in [0.29, 0.717) is 27.9 Å². The second kappa shape index (κ2) is 10.1. The zero-order chi connectivity index (χ0) is 21.5. The maximum absolute atomic E-state index is 12.5. The molecule has 1 fully saturated rings. The van der Waals surface area contributed by atoms with Gasteiger partial charge in [0.05, 0.1) is 24.9 Å². The molecule has 3 rings (SSSR count). The Morgan fingerprint density at radius 3 is 2.63 bits per heavy atom. The van der Waals surface area contributed by atoms with Gasteiger partial charge in [-0.25, -0.2) is 9.78 Å². The summed E-state index contributed by atoms with van der Waals surface area (Å²) in [6.45, 7) is 1.41. The minimum atomic E-state index is -0.291. The third-order valence-electron chi connectivity index (χ3n) is 4.60. The number of methoxy groups -OCH3 is 1. The number of urea groups is 1. The van der Waals surface area contributed by atoms with E-state index < -0.39 is 0 Å². The predicted octanol–water partition coefficient (Wildman–Crippen LogP) is 3.36. The van der Waals surface area contributed by atoms with Crippen LogP contribution in [-0.2, 0) is 16.0 Å². The van der Waals surface area contributed by atoms with Gasteiger partial charge in [-0.3, -0.25) is 14.9 Å². The molecule has 1 aromatic heterocycles. The molecule has 9 nitrogen and oxygen atoms in total. The highest BCUT2D eigenvalue weighted by molar-refractivity contribution is 7.13. The number of carbonyl (C=O) groups is 3. The van der Waals surface area contributed by atoms with Gasteiger partial charge < -0.3 is 20.7 Å². The molecule has 0 atom stereocenters. The lowest BCUT2D eigenvalue weighted by molar-refractivity contribution is -0.116. The zero-order valence-corrected chi connectivity index (χ0v) is 17.7. The standard InChI is InChI=1S/C20H25N5O4S/c1-12(26)21-14-7-8-17(29-2)16(9-14)24-18(27)10-15-11-30-20(23-15)25-19(28)22-13-5-3-4-6-13/h7-9,11,13H,3-6,10H2,1-2H3,(H,21,26)(H,24,27)(H2,22,23,25,28). The number of aromatic nitrogens is 1. The Morgan fingerprint density at radius 2 is 1.93 bits per heavy atom. The highest BCUT2D eigenvalue weighted by Gasteiger charge is 2.18. The van der Waals surface area contributed by atoms with Crippen LogP contribution in [0.15, 0.2) is 23.6 Å². The van der Waals surface area contributed by atoms with Crippen LogP contribution in [0.5, 0.6) is 5.75 Å². The molecule has 1 aliphatic carbocycles. The largest absolute Gasteiger partial charge is 0.495 e. The molecule has 1 heterocycles. The van der Waals surface area contributed by atoms with Gasteiger partial charge >= 0.3 is 6.03 Å². The molecule has 1 aromatic carbocycles. The van der Waals surface area contributed by atoms with Crippen LogP contribution in [0.3, 0.4) is 0 Å². The van der Waals surface area contributed by atoms with Crippen LogP contribution in [0, 0.1) is 0 Å². The van der Waals surface area contributed by atoms with Crippen molar-refractivity contribution in [2.75, 3.05) is 23.1 Å². The van der Waals surface area contributed by atoms with E-state index in [1.165, 1.54) is 25.4 Å². The van der Waals surface area contributed by atoms with Gasteiger partial charge in [-0.2, -0.15) is 0 Å². The van der Waals surface area contributed by atoms with Crippen LogP contribution < -0.4 is 26.0 Å². The van der Waals surface area contributed by atoms with Gasteiger partial charge in [-0.1, -0.05) is 12.8 Å². The van der Waals surface area contributed by atoms with Crippen molar-refractivity contribution in [2.24, 2.45) is 0 Å². The van der Waals surface area contributed by atoms with Crippen molar-refractivity contribution in [3.8, 4) is 5.75 Å². The highest BCUT2D eigenvalue weighted by Crippen LogP contribution is 2.28. The normalized spacial score (nSPS) is 13.5. The fourth-order valence-electron chi connectivity index (χ4n) is 3.28. The molecule has 30 heavy (non-hydrogen) atoms. The number of hydrogen-bond donors (Lipinski definition) is 4. The van der Waals surface area contributed by atoms with Crippen LogP contribution in [0.25, 0.3) is 0 Å². The van der Waals surface area contributed by atoms with Gasteiger partial charge in [0.25, 0.3) is 0 Å². The second-order valence-electron chi connectivity index (χ2n) is 7.05. The average Bonchev–Trinajstić information content (AvgIpc) is 3.33. The summed E-state index contributed by atoms with van der Waals surface area (Å²) < 4.78 is 5.26. The Hall–Kier alpha value is -3.14. The van der Waals surface area contributed by atoms with Crippen molar-refractivity contribution < 1.29 is 19.1 Å².